The van der Waals surface area contributed by atoms with Gasteiger partial charge in [0.25, 0.3) is 0 Å². The molecule has 0 bridgehead atoms. The first-order valence-corrected chi connectivity index (χ1v) is 15.0. The summed E-state index contributed by atoms with van der Waals surface area (Å²) in [6.45, 7) is 0. The van der Waals surface area contributed by atoms with Crippen LogP contribution in [0.5, 0.6) is 0 Å². The molecule has 3 nitrogen and oxygen atoms in total. The van der Waals surface area contributed by atoms with Gasteiger partial charge in [-0.3, -0.25) is 0 Å². The Morgan fingerprint density at radius 3 is 2.36 bits per heavy atom. The Balaban J connectivity index is 1.22. The molecule has 42 heavy (non-hydrogen) atoms. The molecule has 2 aliphatic rings. The number of hydrogen-bond acceptors (Lipinski definition) is 4. The van der Waals surface area contributed by atoms with Gasteiger partial charge in [0.2, 0.25) is 0 Å². The zero-order valence-electron chi connectivity index (χ0n) is 22.5. The van der Waals surface area contributed by atoms with Crippen LogP contribution in [0.25, 0.3) is 49.5 Å². The summed E-state index contributed by atoms with van der Waals surface area (Å²) in [5, 5.41) is 8.46. The Bertz CT molecular complexity index is 2260. The number of amidine groups is 1. The van der Waals surface area contributed by atoms with Crippen molar-refractivity contribution < 1.29 is 4.42 Å². The normalized spacial score (nSPS) is 16.0. The van der Waals surface area contributed by atoms with Gasteiger partial charge in [0, 0.05) is 31.7 Å². The summed E-state index contributed by atoms with van der Waals surface area (Å²) in [6.07, 6.45) is 0. The highest BCUT2D eigenvalue weighted by Crippen LogP contribution is 2.52. The van der Waals surface area contributed by atoms with Gasteiger partial charge >= 0.3 is 0 Å². The molecule has 0 fully saturated rings. The van der Waals surface area contributed by atoms with E-state index in [-0.39, 0.29) is 6.04 Å². The van der Waals surface area contributed by atoms with E-state index in [0.29, 0.717) is 0 Å². The first-order valence-electron chi connectivity index (χ1n) is 14.2. The Morgan fingerprint density at radius 1 is 0.619 bits per heavy atom. The molecular weight excluding hydrogens is 532 g/mol. The van der Waals surface area contributed by atoms with Crippen LogP contribution in [0.15, 0.2) is 153 Å². The third-order valence-corrected chi connectivity index (χ3v) is 9.59. The molecule has 9 rings (SSSR count). The van der Waals surface area contributed by atoms with Crippen LogP contribution >= 0.6 is 11.8 Å². The highest BCUT2D eigenvalue weighted by Gasteiger charge is 2.35. The van der Waals surface area contributed by atoms with Crippen LogP contribution in [0.2, 0.25) is 0 Å². The summed E-state index contributed by atoms with van der Waals surface area (Å²) >= 11 is 1.82. The van der Waals surface area contributed by atoms with E-state index in [1.165, 1.54) is 31.7 Å². The largest absolute Gasteiger partial charge is 0.456 e. The fourth-order valence-corrected chi connectivity index (χ4v) is 7.65. The third kappa shape index (κ3) is 3.59. The van der Waals surface area contributed by atoms with Gasteiger partial charge in [-0.25, -0.2) is 4.99 Å². The second-order valence-electron chi connectivity index (χ2n) is 10.8. The zero-order chi connectivity index (χ0) is 27.6. The number of benzene rings is 6. The average molecular weight is 557 g/mol. The number of thioether (sulfide) groups is 1. The van der Waals surface area contributed by atoms with E-state index < -0.39 is 0 Å². The molecule has 198 valence electrons. The predicted octanol–water partition coefficient (Wildman–Crippen LogP) is 9.97. The fraction of sp³-hybridized carbons (Fsp3) is 0.0263. The maximum absolute atomic E-state index is 6.51. The van der Waals surface area contributed by atoms with Crippen molar-refractivity contribution in [1.82, 2.24) is 5.32 Å². The standard InChI is InChI=1S/C38H24N2OS/c1-2-11-24(12-3-1)35-37-36(29-15-6-7-19-33(29)42-37)40-38(39-35)30-17-9-18-31-34(30)28-21-20-25(22-32(28)41-31)27-16-8-13-23-10-4-5-14-26(23)27/h1-22,36H,(H,39,40). The van der Waals surface area contributed by atoms with Gasteiger partial charge in [-0.1, -0.05) is 121 Å². The van der Waals surface area contributed by atoms with Crippen molar-refractivity contribution in [3.63, 3.8) is 0 Å². The minimum atomic E-state index is 0.0558. The van der Waals surface area contributed by atoms with E-state index >= 15 is 0 Å². The van der Waals surface area contributed by atoms with Crippen molar-refractivity contribution in [2.24, 2.45) is 4.99 Å². The van der Waals surface area contributed by atoms with Crippen molar-refractivity contribution in [3.8, 4) is 11.1 Å². The van der Waals surface area contributed by atoms with Gasteiger partial charge in [0.05, 0.1) is 11.7 Å². The monoisotopic (exact) mass is 556 g/mol. The summed E-state index contributed by atoms with van der Waals surface area (Å²) in [6, 6.07) is 47.1. The molecule has 3 heterocycles. The van der Waals surface area contributed by atoms with Crippen molar-refractivity contribution in [2.75, 3.05) is 0 Å². The number of fused-ring (bicyclic) bond motifs is 7. The molecule has 0 saturated heterocycles. The SMILES string of the molecule is c1ccc(C2=C3Sc4ccccc4C3NC(c3cccc4oc5cc(-c6cccc7ccccc67)ccc5c34)=N2)cc1. The fourth-order valence-electron chi connectivity index (χ4n) is 6.40. The van der Waals surface area contributed by atoms with Gasteiger partial charge < -0.3 is 9.73 Å². The van der Waals surface area contributed by atoms with Gasteiger partial charge in [-0.15, -0.1) is 0 Å². The number of hydrogen-bond donors (Lipinski definition) is 1. The van der Waals surface area contributed by atoms with Crippen molar-refractivity contribution >= 4 is 56.0 Å². The Kier molecular flexibility index (Phi) is 5.19. The molecule has 1 aromatic heterocycles. The highest BCUT2D eigenvalue weighted by molar-refractivity contribution is 8.03. The van der Waals surface area contributed by atoms with E-state index in [0.717, 1.165) is 50.2 Å². The lowest BCUT2D eigenvalue weighted by Crippen LogP contribution is -2.32. The molecule has 0 saturated carbocycles. The maximum atomic E-state index is 6.51. The minimum absolute atomic E-state index is 0.0558. The van der Waals surface area contributed by atoms with Gasteiger partial charge in [-0.2, -0.15) is 0 Å². The summed E-state index contributed by atoms with van der Waals surface area (Å²) in [5.41, 5.74) is 8.58. The molecule has 7 aromatic rings. The Morgan fingerprint density at radius 2 is 1.40 bits per heavy atom. The van der Waals surface area contributed by atoms with E-state index in [9.17, 15) is 0 Å². The molecule has 6 aromatic carbocycles. The Labute approximate surface area is 247 Å². The summed E-state index contributed by atoms with van der Waals surface area (Å²) in [4.78, 5) is 7.83. The van der Waals surface area contributed by atoms with Crippen LogP contribution in [0.1, 0.15) is 22.7 Å². The van der Waals surface area contributed by atoms with E-state index in [2.05, 4.69) is 139 Å². The first kappa shape index (κ1) is 23.6. The van der Waals surface area contributed by atoms with E-state index in [1.54, 1.807) is 0 Å². The van der Waals surface area contributed by atoms with Crippen molar-refractivity contribution in [1.29, 1.82) is 0 Å². The molecule has 0 amide bonds. The zero-order valence-corrected chi connectivity index (χ0v) is 23.4. The topological polar surface area (TPSA) is 37.5 Å². The molecule has 0 aliphatic carbocycles. The summed E-state index contributed by atoms with van der Waals surface area (Å²) in [5.74, 6) is 0.867. The summed E-state index contributed by atoms with van der Waals surface area (Å²) < 4.78 is 6.51. The molecule has 2 aliphatic heterocycles. The number of rotatable bonds is 3. The lowest BCUT2D eigenvalue weighted by molar-refractivity contribution is 0.669. The Hall–Kier alpha value is -5.06. The molecule has 4 heteroatoms. The highest BCUT2D eigenvalue weighted by atomic mass is 32.2. The van der Waals surface area contributed by atoms with Gasteiger partial charge in [0.15, 0.2) is 0 Å². The molecule has 1 N–H and O–H groups in total. The minimum Gasteiger partial charge on any atom is -0.456 e. The second kappa shape index (κ2) is 9.23. The van der Waals surface area contributed by atoms with Gasteiger partial charge in [-0.05, 0) is 51.7 Å². The summed E-state index contributed by atoms with van der Waals surface area (Å²) in [7, 11) is 0. The smallest absolute Gasteiger partial charge is 0.136 e. The quantitative estimate of drug-likeness (QED) is 0.235. The van der Waals surface area contributed by atoms with Crippen LogP contribution in [0, 0.1) is 0 Å². The molecule has 0 radical (unpaired) electrons. The van der Waals surface area contributed by atoms with Crippen LogP contribution < -0.4 is 5.32 Å². The molecular formula is C38H24N2OS. The third-order valence-electron chi connectivity index (χ3n) is 8.35. The van der Waals surface area contributed by atoms with Crippen LogP contribution in [-0.4, -0.2) is 5.84 Å². The predicted molar refractivity (Wildman–Crippen MR) is 175 cm³/mol. The maximum Gasteiger partial charge on any atom is 0.136 e. The van der Waals surface area contributed by atoms with Crippen molar-refractivity contribution in [3.05, 3.63) is 155 Å². The van der Waals surface area contributed by atoms with Crippen LogP contribution in [0.4, 0.5) is 0 Å². The molecule has 1 unspecified atom stereocenters. The number of nitrogens with zero attached hydrogens (tertiary/aromatic N) is 1. The van der Waals surface area contributed by atoms with Crippen LogP contribution in [0.3, 0.4) is 0 Å². The number of furan rings is 1. The van der Waals surface area contributed by atoms with Gasteiger partial charge in [0.1, 0.15) is 17.0 Å². The van der Waals surface area contributed by atoms with E-state index in [1.807, 2.05) is 11.8 Å². The lowest BCUT2D eigenvalue weighted by Gasteiger charge is -2.25. The lowest BCUT2D eigenvalue weighted by atomic mass is 9.96. The first-order chi connectivity index (χ1) is 20.8. The van der Waals surface area contributed by atoms with Crippen LogP contribution in [-0.2, 0) is 0 Å². The number of aliphatic imine (C=N–C) groups is 1. The number of nitrogens with one attached hydrogen (secondary N) is 1. The van der Waals surface area contributed by atoms with E-state index in [4.69, 9.17) is 9.41 Å². The molecule has 1 atom stereocenters. The van der Waals surface area contributed by atoms with Crippen molar-refractivity contribution in [2.45, 2.75) is 10.9 Å². The second-order valence-corrected chi connectivity index (χ2v) is 11.9. The average Bonchev–Trinajstić information content (AvgIpc) is 3.62. The molecule has 0 spiro atoms.